The standard InChI is InChI=1S/C30H32ClN3O6S/c1-19(20-6-4-3-5-7-20)32-29(35)17-23-11-14-26-28(40-23)18-39-27-15-10-22(16-25(27)30(36)34(26)2)33-41(37,38)24-12-8-21(31)9-13-24/h3-10,12-13,15-16,19,23,26,28,33H,11,14,17-18H2,1-2H3,(H,32,35)/t19-,23+,26-,28-/m1/s1. The van der Waals surface area contributed by atoms with E-state index < -0.39 is 16.1 Å². The number of carbonyl (C=O) groups is 2. The average molecular weight is 598 g/mol. The van der Waals surface area contributed by atoms with Gasteiger partial charge in [0.15, 0.2) is 0 Å². The van der Waals surface area contributed by atoms with Crippen LogP contribution in [0.1, 0.15) is 48.1 Å². The van der Waals surface area contributed by atoms with E-state index in [1.165, 1.54) is 30.3 Å². The Labute approximate surface area is 244 Å². The fourth-order valence-corrected chi connectivity index (χ4v) is 6.43. The summed E-state index contributed by atoms with van der Waals surface area (Å²) in [5, 5.41) is 3.46. The van der Waals surface area contributed by atoms with Crippen molar-refractivity contribution in [2.75, 3.05) is 18.4 Å². The molecule has 216 valence electrons. The smallest absolute Gasteiger partial charge is 0.261 e. The number of hydrogen-bond acceptors (Lipinski definition) is 6. The highest BCUT2D eigenvalue weighted by molar-refractivity contribution is 7.92. The average Bonchev–Trinajstić information content (AvgIpc) is 2.95. The van der Waals surface area contributed by atoms with E-state index in [9.17, 15) is 18.0 Å². The molecule has 0 saturated carbocycles. The molecule has 4 atom stereocenters. The first kappa shape index (κ1) is 28.9. The lowest BCUT2D eigenvalue weighted by atomic mass is 9.94. The second-order valence-corrected chi connectivity index (χ2v) is 12.5. The van der Waals surface area contributed by atoms with Gasteiger partial charge >= 0.3 is 0 Å². The Kier molecular flexibility index (Phi) is 8.53. The monoisotopic (exact) mass is 597 g/mol. The topological polar surface area (TPSA) is 114 Å². The molecule has 11 heteroatoms. The molecule has 3 aromatic rings. The summed E-state index contributed by atoms with van der Waals surface area (Å²) in [6.07, 6.45) is 0.750. The number of rotatable bonds is 7. The Morgan fingerprint density at radius 1 is 1.07 bits per heavy atom. The van der Waals surface area contributed by atoms with E-state index in [1.54, 1.807) is 24.1 Å². The summed E-state index contributed by atoms with van der Waals surface area (Å²) in [5.41, 5.74) is 1.51. The van der Waals surface area contributed by atoms with Crippen LogP contribution in [0.25, 0.3) is 0 Å². The molecule has 1 fully saturated rings. The minimum absolute atomic E-state index is 0.0493. The molecule has 0 unspecified atom stereocenters. The summed E-state index contributed by atoms with van der Waals surface area (Å²) < 4.78 is 40.5. The molecule has 0 aromatic heterocycles. The van der Waals surface area contributed by atoms with E-state index in [0.717, 1.165) is 5.56 Å². The molecule has 2 heterocycles. The van der Waals surface area contributed by atoms with Gasteiger partial charge in [-0.05, 0) is 67.8 Å². The molecule has 0 aliphatic carbocycles. The van der Waals surface area contributed by atoms with Gasteiger partial charge in [0, 0.05) is 17.8 Å². The highest BCUT2D eigenvalue weighted by Gasteiger charge is 2.39. The molecule has 9 nitrogen and oxygen atoms in total. The Hall–Kier alpha value is -3.60. The highest BCUT2D eigenvalue weighted by Crippen LogP contribution is 2.33. The van der Waals surface area contributed by atoms with Crippen LogP contribution in [0.15, 0.2) is 77.7 Å². The van der Waals surface area contributed by atoms with Gasteiger partial charge in [-0.1, -0.05) is 41.9 Å². The molecule has 3 aromatic carbocycles. The second kappa shape index (κ2) is 12.1. The number of hydrogen-bond donors (Lipinski definition) is 2. The molecule has 41 heavy (non-hydrogen) atoms. The number of ether oxygens (including phenoxy) is 2. The van der Waals surface area contributed by atoms with Crippen molar-refractivity contribution in [3.63, 3.8) is 0 Å². The minimum Gasteiger partial charge on any atom is -0.490 e. The molecule has 0 radical (unpaired) electrons. The number of likely N-dealkylation sites (N-methyl/N-ethyl adjacent to an activating group) is 1. The van der Waals surface area contributed by atoms with E-state index >= 15 is 0 Å². The summed E-state index contributed by atoms with van der Waals surface area (Å²) in [5.74, 6) is -0.0754. The third-order valence-electron chi connectivity index (χ3n) is 7.48. The van der Waals surface area contributed by atoms with Crippen molar-refractivity contribution < 1.29 is 27.5 Å². The molecule has 1 saturated heterocycles. The van der Waals surface area contributed by atoms with Gasteiger partial charge in [-0.25, -0.2) is 8.42 Å². The van der Waals surface area contributed by atoms with Gasteiger partial charge in [0.2, 0.25) is 5.91 Å². The van der Waals surface area contributed by atoms with E-state index in [1.807, 2.05) is 37.3 Å². The zero-order valence-electron chi connectivity index (χ0n) is 22.7. The molecule has 2 amide bonds. The molecule has 2 N–H and O–H groups in total. The van der Waals surface area contributed by atoms with Crippen molar-refractivity contribution in [3.05, 3.63) is 88.9 Å². The summed E-state index contributed by atoms with van der Waals surface area (Å²) in [7, 11) is -2.18. The number of anilines is 1. The molecule has 2 aliphatic rings. The van der Waals surface area contributed by atoms with E-state index in [0.29, 0.717) is 23.6 Å². The maximum atomic E-state index is 13.5. The molecular formula is C30H32ClN3O6S. The zero-order chi connectivity index (χ0) is 29.1. The first-order chi connectivity index (χ1) is 19.6. The van der Waals surface area contributed by atoms with Gasteiger partial charge in [-0.2, -0.15) is 0 Å². The van der Waals surface area contributed by atoms with Crippen LogP contribution in [0.2, 0.25) is 5.02 Å². The van der Waals surface area contributed by atoms with Gasteiger partial charge in [0.25, 0.3) is 15.9 Å². The first-order valence-corrected chi connectivity index (χ1v) is 15.3. The van der Waals surface area contributed by atoms with Crippen molar-refractivity contribution in [1.29, 1.82) is 0 Å². The van der Waals surface area contributed by atoms with Crippen LogP contribution in [-0.4, -0.2) is 57.0 Å². The van der Waals surface area contributed by atoms with Crippen molar-refractivity contribution >= 4 is 39.1 Å². The third-order valence-corrected chi connectivity index (χ3v) is 9.13. The van der Waals surface area contributed by atoms with E-state index in [2.05, 4.69) is 10.0 Å². The Morgan fingerprint density at radius 2 is 1.80 bits per heavy atom. The highest BCUT2D eigenvalue weighted by atomic mass is 35.5. The predicted octanol–water partition coefficient (Wildman–Crippen LogP) is 4.79. The molecule has 5 rings (SSSR count). The number of benzene rings is 3. The number of fused-ring (bicyclic) bond motifs is 2. The molecule has 0 bridgehead atoms. The fourth-order valence-electron chi connectivity index (χ4n) is 5.25. The van der Waals surface area contributed by atoms with Crippen molar-refractivity contribution in [2.45, 2.75) is 55.4 Å². The van der Waals surface area contributed by atoms with Crippen molar-refractivity contribution in [1.82, 2.24) is 10.2 Å². The lowest BCUT2D eigenvalue weighted by Gasteiger charge is -2.42. The number of amides is 2. The number of halogens is 1. The molecular weight excluding hydrogens is 566 g/mol. The van der Waals surface area contributed by atoms with Crippen LogP contribution in [0.3, 0.4) is 0 Å². The largest absolute Gasteiger partial charge is 0.490 e. The van der Waals surface area contributed by atoms with Gasteiger partial charge in [0.1, 0.15) is 18.5 Å². The zero-order valence-corrected chi connectivity index (χ0v) is 24.3. The normalized spacial score (nSPS) is 21.4. The quantitative estimate of drug-likeness (QED) is 0.405. The summed E-state index contributed by atoms with van der Waals surface area (Å²) in [6.45, 7) is 2.13. The summed E-state index contributed by atoms with van der Waals surface area (Å²) in [6, 6.07) is 19.8. The van der Waals surface area contributed by atoms with Crippen LogP contribution < -0.4 is 14.8 Å². The lowest BCUT2D eigenvalue weighted by Crippen LogP contribution is -2.54. The Balaban J connectivity index is 1.25. The lowest BCUT2D eigenvalue weighted by molar-refractivity contribution is -0.134. The van der Waals surface area contributed by atoms with Crippen LogP contribution in [-0.2, 0) is 19.6 Å². The van der Waals surface area contributed by atoms with Gasteiger partial charge in [-0.15, -0.1) is 0 Å². The van der Waals surface area contributed by atoms with Crippen LogP contribution in [0.5, 0.6) is 5.75 Å². The van der Waals surface area contributed by atoms with Crippen LogP contribution >= 0.6 is 11.6 Å². The number of carbonyl (C=O) groups excluding carboxylic acids is 2. The predicted molar refractivity (Wildman–Crippen MR) is 156 cm³/mol. The van der Waals surface area contributed by atoms with Crippen molar-refractivity contribution in [3.8, 4) is 5.75 Å². The van der Waals surface area contributed by atoms with E-state index in [4.69, 9.17) is 21.1 Å². The Morgan fingerprint density at radius 3 is 2.54 bits per heavy atom. The number of sulfonamides is 1. The summed E-state index contributed by atoms with van der Waals surface area (Å²) in [4.78, 5) is 27.9. The minimum atomic E-state index is -3.89. The molecule has 2 aliphatic heterocycles. The van der Waals surface area contributed by atoms with Crippen molar-refractivity contribution in [2.24, 2.45) is 0 Å². The first-order valence-electron chi connectivity index (χ1n) is 13.4. The maximum absolute atomic E-state index is 13.5. The fraction of sp³-hybridized carbons (Fsp3) is 0.333. The van der Waals surface area contributed by atoms with Crippen LogP contribution in [0.4, 0.5) is 5.69 Å². The van der Waals surface area contributed by atoms with Gasteiger partial charge in [-0.3, -0.25) is 14.3 Å². The SMILES string of the molecule is C[C@@H](NC(=O)C[C@@H]1CC[C@@H]2[C@@H](COc3ccc(NS(=O)(=O)c4ccc(Cl)cc4)cc3C(=O)N2C)O1)c1ccccc1. The second-order valence-electron chi connectivity index (χ2n) is 10.3. The van der Waals surface area contributed by atoms with Crippen LogP contribution in [0, 0.1) is 0 Å². The van der Waals surface area contributed by atoms with Gasteiger partial charge in [0.05, 0.1) is 35.1 Å². The number of nitrogens with zero attached hydrogens (tertiary/aromatic N) is 1. The molecule has 0 spiro atoms. The van der Waals surface area contributed by atoms with E-state index in [-0.39, 0.29) is 59.2 Å². The third kappa shape index (κ3) is 6.66. The van der Waals surface area contributed by atoms with Gasteiger partial charge < -0.3 is 19.7 Å². The maximum Gasteiger partial charge on any atom is 0.261 e. The summed E-state index contributed by atoms with van der Waals surface area (Å²) >= 11 is 5.88. The number of nitrogens with one attached hydrogen (secondary N) is 2. The Bertz CT molecular complexity index is 1520.